The quantitative estimate of drug-likeness (QED) is 0.305. The third-order valence-electron chi connectivity index (χ3n) is 7.25. The van der Waals surface area contributed by atoms with Crippen LogP contribution in [0.15, 0.2) is 49.1 Å². The van der Waals surface area contributed by atoms with E-state index in [9.17, 15) is 18.0 Å². The van der Waals surface area contributed by atoms with Gasteiger partial charge in [0.1, 0.15) is 0 Å². The Hall–Kier alpha value is -3.79. The van der Waals surface area contributed by atoms with Gasteiger partial charge in [-0.25, -0.2) is 17.9 Å². The smallest absolute Gasteiger partial charge is 0.194 e. The Balaban J connectivity index is 1.35. The zero-order valence-electron chi connectivity index (χ0n) is 19.5. The van der Waals surface area contributed by atoms with E-state index in [1.165, 1.54) is 0 Å². The normalized spacial score (nSPS) is 19.3. The molecule has 1 aromatic carbocycles. The molecule has 6 rings (SSSR count). The second-order valence-corrected chi connectivity index (χ2v) is 9.33. The van der Waals surface area contributed by atoms with Gasteiger partial charge in [0.2, 0.25) is 0 Å². The van der Waals surface area contributed by atoms with Crippen LogP contribution in [0.3, 0.4) is 0 Å². The summed E-state index contributed by atoms with van der Waals surface area (Å²) in [5.41, 5.74) is 3.70. The van der Waals surface area contributed by atoms with Gasteiger partial charge in [-0.2, -0.15) is 10.2 Å². The average Bonchev–Trinajstić information content (AvgIpc) is 3.50. The molecule has 4 aromatic rings. The molecule has 0 N–H and O–H groups in total. The maximum absolute atomic E-state index is 14.0. The molecule has 1 fully saturated rings. The van der Waals surface area contributed by atoms with Crippen LogP contribution in [-0.2, 0) is 13.5 Å². The van der Waals surface area contributed by atoms with Gasteiger partial charge in [0.25, 0.3) is 0 Å². The number of carbonyl (C=O) groups is 1. The first-order valence-electron chi connectivity index (χ1n) is 11.9. The summed E-state index contributed by atoms with van der Waals surface area (Å²) in [6.45, 7) is 0.195. The van der Waals surface area contributed by atoms with Crippen molar-refractivity contribution in [2.75, 3.05) is 6.54 Å². The number of Topliss-reactive ketones (excluding diaryl/α,β-unsaturated/α-hetero) is 1. The predicted octanol–water partition coefficient (Wildman–Crippen LogP) is 4.42. The van der Waals surface area contributed by atoms with Gasteiger partial charge >= 0.3 is 0 Å². The first-order chi connectivity index (χ1) is 17.4. The lowest BCUT2D eigenvalue weighted by Crippen LogP contribution is -2.48. The molecule has 0 radical (unpaired) electrons. The maximum Gasteiger partial charge on any atom is 0.194 e. The molecular weight excluding hydrogens is 469 g/mol. The first kappa shape index (κ1) is 22.7. The summed E-state index contributed by atoms with van der Waals surface area (Å²) in [5.74, 6) is -4.01. The number of ketones is 1. The minimum atomic E-state index is -1.48. The summed E-state index contributed by atoms with van der Waals surface area (Å²) in [6, 6.07) is 5.56. The minimum Gasteiger partial charge on any atom is -0.293 e. The van der Waals surface area contributed by atoms with E-state index in [-0.39, 0.29) is 30.0 Å². The van der Waals surface area contributed by atoms with Crippen LogP contribution in [0, 0.1) is 17.5 Å². The molecule has 5 heterocycles. The van der Waals surface area contributed by atoms with E-state index in [1.54, 1.807) is 53.3 Å². The van der Waals surface area contributed by atoms with Crippen LogP contribution in [0.4, 0.5) is 13.2 Å². The highest BCUT2D eigenvalue weighted by molar-refractivity contribution is 6.00. The molecule has 0 amide bonds. The molecule has 2 unspecified atom stereocenters. The van der Waals surface area contributed by atoms with Crippen molar-refractivity contribution in [3.05, 3.63) is 83.3 Å². The first-order valence-corrected chi connectivity index (χ1v) is 11.9. The number of benzene rings is 1. The van der Waals surface area contributed by atoms with Gasteiger partial charge in [-0.05, 0) is 49.9 Å². The topological polar surface area (TPSA) is 68.8 Å². The predicted molar refractivity (Wildman–Crippen MR) is 125 cm³/mol. The van der Waals surface area contributed by atoms with E-state index in [1.807, 2.05) is 0 Å². The van der Waals surface area contributed by atoms with Crippen molar-refractivity contribution in [1.29, 1.82) is 0 Å². The minimum absolute atomic E-state index is 0.0622. The van der Waals surface area contributed by atoms with Crippen molar-refractivity contribution in [3.63, 3.8) is 0 Å². The molecule has 3 aromatic heterocycles. The number of nitrogens with zero attached hydrogens (tertiary/aromatic N) is 6. The lowest BCUT2D eigenvalue weighted by atomic mass is 9.81. The van der Waals surface area contributed by atoms with Crippen LogP contribution >= 0.6 is 0 Å². The number of hydrogen-bond donors (Lipinski definition) is 0. The van der Waals surface area contributed by atoms with Crippen LogP contribution in [0.1, 0.15) is 46.9 Å². The number of carbonyl (C=O) groups excluding carboxylic acids is 1. The zero-order valence-corrected chi connectivity index (χ0v) is 19.5. The van der Waals surface area contributed by atoms with Crippen LogP contribution < -0.4 is 0 Å². The molecule has 2 aliphatic heterocycles. The molecular formula is C26H23F3N6O. The highest BCUT2D eigenvalue weighted by Gasteiger charge is 2.42. The number of piperidine rings is 1. The molecule has 0 spiro atoms. The Labute approximate surface area is 205 Å². The van der Waals surface area contributed by atoms with Crippen LogP contribution in [0.5, 0.6) is 0 Å². The Morgan fingerprint density at radius 2 is 1.94 bits per heavy atom. The van der Waals surface area contributed by atoms with E-state index in [0.29, 0.717) is 23.4 Å². The summed E-state index contributed by atoms with van der Waals surface area (Å²) in [5, 5.41) is 8.97. The van der Waals surface area contributed by atoms with E-state index < -0.39 is 17.5 Å². The Morgan fingerprint density at radius 3 is 2.69 bits per heavy atom. The summed E-state index contributed by atoms with van der Waals surface area (Å²) in [6.07, 6.45) is 9.93. The van der Waals surface area contributed by atoms with E-state index >= 15 is 0 Å². The molecule has 2 atom stereocenters. The van der Waals surface area contributed by atoms with Crippen molar-refractivity contribution in [1.82, 2.24) is 29.4 Å². The number of aryl methyl sites for hydroxylation is 1. The van der Waals surface area contributed by atoms with E-state index in [0.717, 1.165) is 42.7 Å². The highest BCUT2D eigenvalue weighted by atomic mass is 19.2. The zero-order chi connectivity index (χ0) is 25.0. The van der Waals surface area contributed by atoms with E-state index in [2.05, 4.69) is 15.0 Å². The molecule has 7 nitrogen and oxygen atoms in total. The SMILES string of the molecule is Cn1nc2c(c1-c1cc(F)c(F)c(F)c1)CC1CCCC2N1CC(=O)c1cnccc1-n1cccn1. The molecule has 0 aliphatic carbocycles. The lowest BCUT2D eigenvalue weighted by Gasteiger charge is -2.45. The third kappa shape index (κ3) is 3.63. The summed E-state index contributed by atoms with van der Waals surface area (Å²) in [4.78, 5) is 19.9. The summed E-state index contributed by atoms with van der Waals surface area (Å²) < 4.78 is 44.9. The summed E-state index contributed by atoms with van der Waals surface area (Å²) in [7, 11) is 1.72. The Morgan fingerprint density at radius 1 is 1.14 bits per heavy atom. The standard InChI is InChI=1S/C26H23F3N6O/c1-33-26(15-10-19(27)24(29)20(28)11-15)17-12-16-4-2-5-22(25(17)32-33)34(16)14-23(36)18-13-30-8-6-21(18)35-9-3-7-31-35/h3,6-11,13,16,22H,2,4-5,12,14H2,1H3. The Bertz CT molecular complexity index is 1440. The lowest BCUT2D eigenvalue weighted by molar-refractivity contribution is 0.0562. The second-order valence-electron chi connectivity index (χ2n) is 9.33. The number of aromatic nitrogens is 5. The highest BCUT2D eigenvalue weighted by Crippen LogP contribution is 2.44. The van der Waals surface area contributed by atoms with Gasteiger partial charge in [0, 0.05) is 49.0 Å². The van der Waals surface area contributed by atoms with Crippen molar-refractivity contribution in [2.45, 2.75) is 37.8 Å². The van der Waals surface area contributed by atoms with Crippen molar-refractivity contribution in [2.24, 2.45) is 7.05 Å². The number of pyridine rings is 1. The molecule has 1 saturated heterocycles. The molecule has 0 saturated carbocycles. The molecule has 184 valence electrons. The van der Waals surface area contributed by atoms with Crippen LogP contribution in [0.2, 0.25) is 0 Å². The fourth-order valence-electron chi connectivity index (χ4n) is 5.70. The fourth-order valence-corrected chi connectivity index (χ4v) is 5.70. The number of rotatable bonds is 5. The average molecular weight is 493 g/mol. The summed E-state index contributed by atoms with van der Waals surface area (Å²) >= 11 is 0. The monoisotopic (exact) mass is 492 g/mol. The van der Waals surface area contributed by atoms with Gasteiger partial charge in [-0.1, -0.05) is 0 Å². The van der Waals surface area contributed by atoms with Gasteiger partial charge in [0.05, 0.1) is 35.2 Å². The molecule has 36 heavy (non-hydrogen) atoms. The fraction of sp³-hybridized carbons (Fsp3) is 0.308. The van der Waals surface area contributed by atoms with Gasteiger partial charge in [-0.3, -0.25) is 19.4 Å². The molecule has 2 bridgehead atoms. The number of hydrogen-bond acceptors (Lipinski definition) is 5. The largest absolute Gasteiger partial charge is 0.293 e. The van der Waals surface area contributed by atoms with E-state index in [4.69, 9.17) is 5.10 Å². The molecule has 2 aliphatic rings. The van der Waals surface area contributed by atoms with Gasteiger partial charge in [0.15, 0.2) is 23.2 Å². The number of halogens is 3. The van der Waals surface area contributed by atoms with Gasteiger partial charge < -0.3 is 0 Å². The van der Waals surface area contributed by atoms with Crippen molar-refractivity contribution < 1.29 is 18.0 Å². The Kier molecular flexibility index (Phi) is 5.48. The third-order valence-corrected chi connectivity index (χ3v) is 7.25. The second kappa shape index (κ2) is 8.70. The number of fused-ring (bicyclic) bond motifs is 4. The van der Waals surface area contributed by atoms with Crippen LogP contribution in [-0.4, -0.2) is 47.8 Å². The maximum atomic E-state index is 14.0. The van der Waals surface area contributed by atoms with Crippen molar-refractivity contribution >= 4 is 5.78 Å². The molecule has 10 heteroatoms. The van der Waals surface area contributed by atoms with Crippen molar-refractivity contribution in [3.8, 4) is 16.9 Å². The van der Waals surface area contributed by atoms with Gasteiger partial charge in [-0.15, -0.1) is 0 Å². The van der Waals surface area contributed by atoms with Crippen LogP contribution in [0.25, 0.3) is 16.9 Å².